The van der Waals surface area contributed by atoms with Gasteiger partial charge in [-0.15, -0.1) is 0 Å². The van der Waals surface area contributed by atoms with Crippen molar-refractivity contribution >= 4 is 10.8 Å². The van der Waals surface area contributed by atoms with Crippen LogP contribution in [0, 0.1) is 6.92 Å². The number of aromatic nitrogens is 2. The van der Waals surface area contributed by atoms with Crippen LogP contribution in [0.2, 0.25) is 0 Å². The van der Waals surface area contributed by atoms with Crippen LogP contribution in [0.3, 0.4) is 0 Å². The molecule has 0 saturated heterocycles. The second kappa shape index (κ2) is 6.02. The number of nitrogens with zero attached hydrogens (tertiary/aromatic N) is 2. The fourth-order valence-electron chi connectivity index (χ4n) is 2.79. The Balaban J connectivity index is 2.19. The van der Waals surface area contributed by atoms with E-state index in [1.165, 1.54) is 21.9 Å². The Hall–Kier alpha value is -2.26. The minimum absolute atomic E-state index is 0.148. The zero-order valence-corrected chi connectivity index (χ0v) is 12.4. The maximum absolute atomic E-state index is 4.44. The molecule has 1 N–H and O–H groups in total. The number of hydrogen-bond acceptors (Lipinski definition) is 3. The Morgan fingerprint density at radius 2 is 1.90 bits per heavy atom. The van der Waals surface area contributed by atoms with Crippen molar-refractivity contribution in [2.75, 3.05) is 6.54 Å². The van der Waals surface area contributed by atoms with Gasteiger partial charge in [0.15, 0.2) is 0 Å². The lowest BCUT2D eigenvalue weighted by molar-refractivity contribution is 0.628. The molecule has 2 heterocycles. The topological polar surface area (TPSA) is 37.8 Å². The molecule has 1 aromatic carbocycles. The summed E-state index contributed by atoms with van der Waals surface area (Å²) in [4.78, 5) is 8.65. The molecule has 0 bridgehead atoms. The van der Waals surface area contributed by atoms with E-state index in [-0.39, 0.29) is 6.04 Å². The van der Waals surface area contributed by atoms with Gasteiger partial charge >= 0.3 is 0 Å². The van der Waals surface area contributed by atoms with Gasteiger partial charge in [0, 0.05) is 29.7 Å². The number of pyridine rings is 2. The third kappa shape index (κ3) is 2.65. The van der Waals surface area contributed by atoms with Crippen molar-refractivity contribution in [3.8, 4) is 0 Å². The first kappa shape index (κ1) is 13.7. The third-order valence-corrected chi connectivity index (χ3v) is 3.79. The minimum atomic E-state index is 0.148. The molecule has 3 aromatic rings. The van der Waals surface area contributed by atoms with E-state index in [0.29, 0.717) is 0 Å². The number of rotatable bonds is 4. The predicted octanol–water partition coefficient (Wildman–Crippen LogP) is 3.64. The molecule has 3 heteroatoms. The normalized spacial score (nSPS) is 12.5. The number of hydrogen-bond donors (Lipinski definition) is 1. The standard InChI is InChI=1S/C18H19N3/c1-3-20-18(15-8-5-10-21-13(15)2)17-7-4-6-14-12-19-11-9-16(14)17/h4-12,18,20H,3H2,1-2H3. The van der Waals surface area contributed by atoms with Crippen LogP contribution in [0.4, 0.5) is 0 Å². The molecule has 3 nitrogen and oxygen atoms in total. The fourth-order valence-corrected chi connectivity index (χ4v) is 2.79. The van der Waals surface area contributed by atoms with Crippen LogP contribution in [0.5, 0.6) is 0 Å². The molecule has 0 fully saturated rings. The maximum Gasteiger partial charge on any atom is 0.0600 e. The minimum Gasteiger partial charge on any atom is -0.306 e. The second-order valence-corrected chi connectivity index (χ2v) is 5.11. The first-order chi connectivity index (χ1) is 10.3. The quantitative estimate of drug-likeness (QED) is 0.791. The highest BCUT2D eigenvalue weighted by atomic mass is 14.9. The Morgan fingerprint density at radius 1 is 1.05 bits per heavy atom. The van der Waals surface area contributed by atoms with Gasteiger partial charge in [-0.25, -0.2) is 0 Å². The second-order valence-electron chi connectivity index (χ2n) is 5.11. The highest BCUT2D eigenvalue weighted by Crippen LogP contribution is 2.29. The van der Waals surface area contributed by atoms with Gasteiger partial charge in [-0.05, 0) is 42.1 Å². The van der Waals surface area contributed by atoms with E-state index in [9.17, 15) is 0 Å². The van der Waals surface area contributed by atoms with E-state index in [4.69, 9.17) is 0 Å². The molecule has 0 spiro atoms. The fraction of sp³-hybridized carbons (Fsp3) is 0.222. The van der Waals surface area contributed by atoms with Gasteiger partial charge in [-0.3, -0.25) is 9.97 Å². The van der Waals surface area contributed by atoms with Crippen molar-refractivity contribution in [3.63, 3.8) is 0 Å². The third-order valence-electron chi connectivity index (χ3n) is 3.79. The van der Waals surface area contributed by atoms with E-state index >= 15 is 0 Å². The van der Waals surface area contributed by atoms with Crippen LogP contribution in [0.1, 0.15) is 29.8 Å². The summed E-state index contributed by atoms with van der Waals surface area (Å²) < 4.78 is 0. The average molecular weight is 277 g/mol. The average Bonchev–Trinajstić information content (AvgIpc) is 2.53. The maximum atomic E-state index is 4.44. The van der Waals surface area contributed by atoms with Crippen molar-refractivity contribution in [1.82, 2.24) is 15.3 Å². The SMILES string of the molecule is CCNC(c1cccnc1C)c1cccc2cnccc12. The van der Waals surface area contributed by atoms with Gasteiger partial charge in [-0.1, -0.05) is 31.2 Å². The van der Waals surface area contributed by atoms with Crippen LogP contribution >= 0.6 is 0 Å². The molecule has 0 aliphatic heterocycles. The number of benzene rings is 1. The van der Waals surface area contributed by atoms with Crippen LogP contribution < -0.4 is 5.32 Å². The van der Waals surface area contributed by atoms with Crippen LogP contribution in [-0.4, -0.2) is 16.5 Å². The summed E-state index contributed by atoms with van der Waals surface area (Å²) in [5, 5.41) is 5.99. The zero-order chi connectivity index (χ0) is 14.7. The van der Waals surface area contributed by atoms with E-state index in [0.717, 1.165) is 12.2 Å². The predicted molar refractivity (Wildman–Crippen MR) is 86.2 cm³/mol. The lowest BCUT2D eigenvalue weighted by atomic mass is 9.93. The van der Waals surface area contributed by atoms with E-state index in [1.807, 2.05) is 24.7 Å². The van der Waals surface area contributed by atoms with Gasteiger partial charge in [0.2, 0.25) is 0 Å². The first-order valence-electron chi connectivity index (χ1n) is 7.28. The molecule has 106 valence electrons. The molecule has 21 heavy (non-hydrogen) atoms. The molecule has 1 atom stereocenters. The van der Waals surface area contributed by atoms with Crippen molar-refractivity contribution in [2.24, 2.45) is 0 Å². The number of nitrogens with one attached hydrogen (secondary N) is 1. The Kier molecular flexibility index (Phi) is 3.93. The van der Waals surface area contributed by atoms with Gasteiger partial charge in [0.05, 0.1) is 6.04 Å². The molecule has 0 saturated carbocycles. The summed E-state index contributed by atoms with van der Waals surface area (Å²) in [6.45, 7) is 5.10. The number of aryl methyl sites for hydroxylation is 1. The molecule has 0 radical (unpaired) electrons. The smallest absolute Gasteiger partial charge is 0.0600 e. The molecule has 0 aliphatic carbocycles. The van der Waals surface area contributed by atoms with Gasteiger partial charge in [0.25, 0.3) is 0 Å². The highest BCUT2D eigenvalue weighted by Gasteiger charge is 2.17. The summed E-state index contributed by atoms with van der Waals surface area (Å²) in [6.07, 6.45) is 5.61. The Labute approximate surface area is 125 Å². The van der Waals surface area contributed by atoms with Gasteiger partial charge in [0.1, 0.15) is 0 Å². The monoisotopic (exact) mass is 277 g/mol. The molecule has 0 aliphatic rings. The zero-order valence-electron chi connectivity index (χ0n) is 12.4. The largest absolute Gasteiger partial charge is 0.306 e. The summed E-state index contributed by atoms with van der Waals surface area (Å²) in [5.74, 6) is 0. The van der Waals surface area contributed by atoms with Gasteiger partial charge in [-0.2, -0.15) is 0 Å². The molecular formula is C18H19N3. The molecule has 2 aromatic heterocycles. The Morgan fingerprint density at radius 3 is 2.71 bits per heavy atom. The molecule has 0 amide bonds. The van der Waals surface area contributed by atoms with Crippen molar-refractivity contribution in [2.45, 2.75) is 19.9 Å². The van der Waals surface area contributed by atoms with Crippen molar-refractivity contribution < 1.29 is 0 Å². The number of fused-ring (bicyclic) bond motifs is 1. The van der Waals surface area contributed by atoms with E-state index in [2.05, 4.69) is 59.5 Å². The lowest BCUT2D eigenvalue weighted by Crippen LogP contribution is -2.23. The molecule has 3 rings (SSSR count). The van der Waals surface area contributed by atoms with E-state index in [1.54, 1.807) is 0 Å². The van der Waals surface area contributed by atoms with Crippen molar-refractivity contribution in [3.05, 3.63) is 71.8 Å². The summed E-state index contributed by atoms with van der Waals surface area (Å²) in [5.41, 5.74) is 3.56. The van der Waals surface area contributed by atoms with E-state index < -0.39 is 0 Å². The van der Waals surface area contributed by atoms with Crippen molar-refractivity contribution in [1.29, 1.82) is 0 Å². The summed E-state index contributed by atoms with van der Waals surface area (Å²) in [6, 6.07) is 12.8. The van der Waals surface area contributed by atoms with Crippen LogP contribution in [-0.2, 0) is 0 Å². The first-order valence-corrected chi connectivity index (χ1v) is 7.28. The molecule has 1 unspecified atom stereocenters. The summed E-state index contributed by atoms with van der Waals surface area (Å²) in [7, 11) is 0. The van der Waals surface area contributed by atoms with Crippen LogP contribution in [0.15, 0.2) is 55.0 Å². The highest BCUT2D eigenvalue weighted by molar-refractivity contribution is 5.85. The summed E-state index contributed by atoms with van der Waals surface area (Å²) >= 11 is 0. The van der Waals surface area contributed by atoms with Gasteiger partial charge < -0.3 is 5.32 Å². The molecular weight excluding hydrogens is 258 g/mol. The lowest BCUT2D eigenvalue weighted by Gasteiger charge is -2.22. The van der Waals surface area contributed by atoms with Crippen LogP contribution in [0.25, 0.3) is 10.8 Å². The Bertz CT molecular complexity index is 747.